The minimum Gasteiger partial charge on any atom is -0.192 e. The zero-order chi connectivity index (χ0) is 23.3. The predicted molar refractivity (Wildman–Crippen MR) is 143 cm³/mol. The van der Waals surface area contributed by atoms with Crippen molar-refractivity contribution in [2.45, 2.75) is 126 Å². The van der Waals surface area contributed by atoms with Gasteiger partial charge in [0.05, 0.1) is 11.1 Å². The van der Waals surface area contributed by atoms with Gasteiger partial charge in [0.1, 0.15) is 12.1 Å². The lowest BCUT2D eigenvalue weighted by Gasteiger charge is -2.10. The van der Waals surface area contributed by atoms with Gasteiger partial charge >= 0.3 is 0 Å². The van der Waals surface area contributed by atoms with Crippen LogP contribution >= 0.6 is 23.5 Å². The quantitative estimate of drug-likeness (QED) is 0.140. The number of benzene rings is 1. The Morgan fingerprint density at radius 3 is 1.16 bits per heavy atom. The Labute approximate surface area is 206 Å². The third-order valence-corrected chi connectivity index (χ3v) is 8.15. The van der Waals surface area contributed by atoms with Crippen LogP contribution in [0.1, 0.15) is 128 Å². The first-order valence-electron chi connectivity index (χ1n) is 13.0. The van der Waals surface area contributed by atoms with Crippen molar-refractivity contribution in [3.8, 4) is 12.1 Å². The highest BCUT2D eigenvalue weighted by atomic mass is 32.2. The summed E-state index contributed by atoms with van der Waals surface area (Å²) in [5.74, 6) is 2.05. The molecule has 32 heavy (non-hydrogen) atoms. The van der Waals surface area contributed by atoms with E-state index in [-0.39, 0.29) is 0 Å². The molecule has 1 aromatic carbocycles. The van der Waals surface area contributed by atoms with Crippen molar-refractivity contribution < 1.29 is 0 Å². The molecular weight excluding hydrogens is 428 g/mol. The van der Waals surface area contributed by atoms with Gasteiger partial charge in [-0.25, -0.2) is 0 Å². The molecule has 0 amide bonds. The zero-order valence-electron chi connectivity index (χ0n) is 20.6. The minimum atomic E-state index is 0.581. The smallest absolute Gasteiger partial charge is 0.102 e. The monoisotopic (exact) mass is 472 g/mol. The summed E-state index contributed by atoms with van der Waals surface area (Å²) >= 11 is 3.48. The van der Waals surface area contributed by atoms with Crippen molar-refractivity contribution in [2.75, 3.05) is 11.5 Å². The van der Waals surface area contributed by atoms with Crippen LogP contribution in [-0.2, 0) is 0 Å². The Morgan fingerprint density at radius 2 is 0.844 bits per heavy atom. The highest BCUT2D eigenvalue weighted by molar-refractivity contribution is 7.99. The van der Waals surface area contributed by atoms with Gasteiger partial charge in [-0.05, 0) is 36.5 Å². The summed E-state index contributed by atoms with van der Waals surface area (Å²) in [6, 6.07) is 8.75. The summed E-state index contributed by atoms with van der Waals surface area (Å²) in [6.07, 6.45) is 21.0. The van der Waals surface area contributed by atoms with E-state index in [1.54, 1.807) is 23.5 Å². The molecule has 2 nitrogen and oxygen atoms in total. The van der Waals surface area contributed by atoms with Crippen molar-refractivity contribution in [2.24, 2.45) is 0 Å². The molecule has 4 heteroatoms. The first-order valence-corrected chi connectivity index (χ1v) is 15.0. The molecule has 0 unspecified atom stereocenters. The Bertz CT molecular complexity index is 629. The first kappa shape index (κ1) is 28.9. The highest BCUT2D eigenvalue weighted by Crippen LogP contribution is 2.33. The summed E-state index contributed by atoms with van der Waals surface area (Å²) in [7, 11) is 0. The van der Waals surface area contributed by atoms with Crippen LogP contribution in [0.15, 0.2) is 21.9 Å². The molecule has 178 valence electrons. The second kappa shape index (κ2) is 20.5. The van der Waals surface area contributed by atoms with Crippen LogP contribution in [0.4, 0.5) is 0 Å². The number of unbranched alkanes of at least 4 members (excludes halogenated alkanes) is 14. The summed E-state index contributed by atoms with van der Waals surface area (Å²) in [6.45, 7) is 4.51. The van der Waals surface area contributed by atoms with Gasteiger partial charge in [0, 0.05) is 9.79 Å². The fraction of sp³-hybridized carbons (Fsp3) is 0.714. The maximum Gasteiger partial charge on any atom is 0.102 e. The molecule has 1 aromatic rings. The lowest BCUT2D eigenvalue weighted by Crippen LogP contribution is -1.94. The van der Waals surface area contributed by atoms with Crippen LogP contribution < -0.4 is 0 Å². The second-order valence-corrected chi connectivity index (χ2v) is 11.0. The molecule has 0 fully saturated rings. The topological polar surface area (TPSA) is 47.6 Å². The summed E-state index contributed by atoms with van der Waals surface area (Å²) in [4.78, 5) is 1.95. The normalized spacial score (nSPS) is 10.8. The molecule has 0 aliphatic carbocycles. The summed E-state index contributed by atoms with van der Waals surface area (Å²) in [5.41, 5.74) is 1.16. The van der Waals surface area contributed by atoms with E-state index in [4.69, 9.17) is 0 Å². The maximum absolute atomic E-state index is 9.70. The number of rotatable bonds is 20. The molecule has 0 heterocycles. The minimum absolute atomic E-state index is 0.581. The molecule has 0 bridgehead atoms. The van der Waals surface area contributed by atoms with Gasteiger partial charge in [-0.2, -0.15) is 10.5 Å². The molecule has 0 spiro atoms. The Morgan fingerprint density at radius 1 is 0.531 bits per heavy atom. The van der Waals surface area contributed by atoms with E-state index in [1.165, 1.54) is 103 Å². The third-order valence-electron chi connectivity index (χ3n) is 5.86. The molecule has 0 saturated heterocycles. The lowest BCUT2D eigenvalue weighted by atomic mass is 10.1. The SMILES string of the molecule is CCCCCCCCCCSc1ccc(SCCCCCCCCCC)c(C#N)c1C#N. The first-order chi connectivity index (χ1) is 15.8. The average Bonchev–Trinajstić information content (AvgIpc) is 2.81. The Hall–Kier alpha value is -1.10. The second-order valence-electron chi connectivity index (χ2n) is 8.68. The standard InChI is InChI=1S/C28H44N2S2/c1-3-5-7-9-11-13-15-17-21-31-27-19-20-28(26(24-30)25(27)23-29)32-22-18-16-14-12-10-8-6-4-2/h19-20H,3-18,21-22H2,1-2H3. The van der Waals surface area contributed by atoms with Gasteiger partial charge in [-0.1, -0.05) is 104 Å². The fourth-order valence-corrected chi connectivity index (χ4v) is 5.91. The molecule has 0 saturated carbocycles. The maximum atomic E-state index is 9.70. The number of hydrogen-bond donors (Lipinski definition) is 0. The largest absolute Gasteiger partial charge is 0.192 e. The van der Waals surface area contributed by atoms with E-state index in [0.717, 1.165) is 21.3 Å². The van der Waals surface area contributed by atoms with E-state index in [9.17, 15) is 10.5 Å². The molecule has 0 aliphatic heterocycles. The van der Waals surface area contributed by atoms with E-state index in [2.05, 4.69) is 38.1 Å². The van der Waals surface area contributed by atoms with Crippen molar-refractivity contribution in [3.05, 3.63) is 23.3 Å². The third kappa shape index (κ3) is 12.8. The summed E-state index contributed by atoms with van der Waals surface area (Å²) < 4.78 is 0. The molecular formula is C28H44N2S2. The van der Waals surface area contributed by atoms with Crippen molar-refractivity contribution in [3.63, 3.8) is 0 Å². The van der Waals surface area contributed by atoms with Gasteiger partial charge in [0.25, 0.3) is 0 Å². The van der Waals surface area contributed by atoms with Crippen LogP contribution in [-0.4, -0.2) is 11.5 Å². The Kier molecular flexibility index (Phi) is 18.5. The molecule has 0 aromatic heterocycles. The van der Waals surface area contributed by atoms with Crippen molar-refractivity contribution in [1.82, 2.24) is 0 Å². The van der Waals surface area contributed by atoms with E-state index < -0.39 is 0 Å². The van der Waals surface area contributed by atoms with E-state index >= 15 is 0 Å². The highest BCUT2D eigenvalue weighted by Gasteiger charge is 2.14. The fourth-order valence-electron chi connectivity index (χ4n) is 3.86. The number of hydrogen-bond acceptors (Lipinski definition) is 4. The predicted octanol–water partition coefficient (Wildman–Crippen LogP) is 9.90. The molecule has 0 N–H and O–H groups in total. The van der Waals surface area contributed by atoms with Crippen LogP contribution in [0.3, 0.4) is 0 Å². The van der Waals surface area contributed by atoms with Crippen LogP contribution in [0.2, 0.25) is 0 Å². The molecule has 0 aliphatic rings. The van der Waals surface area contributed by atoms with Crippen LogP contribution in [0.5, 0.6) is 0 Å². The molecule has 0 atom stereocenters. The zero-order valence-corrected chi connectivity index (χ0v) is 22.2. The average molecular weight is 473 g/mol. The van der Waals surface area contributed by atoms with Crippen molar-refractivity contribution in [1.29, 1.82) is 10.5 Å². The van der Waals surface area contributed by atoms with E-state index in [0.29, 0.717) is 11.1 Å². The van der Waals surface area contributed by atoms with Crippen LogP contribution in [0, 0.1) is 22.7 Å². The van der Waals surface area contributed by atoms with Crippen LogP contribution in [0.25, 0.3) is 0 Å². The molecule has 0 radical (unpaired) electrons. The number of thioether (sulfide) groups is 2. The van der Waals surface area contributed by atoms with Gasteiger partial charge in [0.15, 0.2) is 0 Å². The van der Waals surface area contributed by atoms with E-state index in [1.807, 2.05) is 0 Å². The number of nitrogens with zero attached hydrogens (tertiary/aromatic N) is 2. The van der Waals surface area contributed by atoms with Gasteiger partial charge < -0.3 is 0 Å². The summed E-state index contributed by atoms with van der Waals surface area (Å²) in [5, 5.41) is 19.4. The molecule has 1 rings (SSSR count). The van der Waals surface area contributed by atoms with Crippen molar-refractivity contribution >= 4 is 23.5 Å². The Balaban J connectivity index is 2.35. The van der Waals surface area contributed by atoms with Gasteiger partial charge in [-0.3, -0.25) is 0 Å². The number of nitriles is 2. The van der Waals surface area contributed by atoms with Gasteiger partial charge in [-0.15, -0.1) is 23.5 Å². The van der Waals surface area contributed by atoms with Gasteiger partial charge in [0.2, 0.25) is 0 Å². The lowest BCUT2D eigenvalue weighted by molar-refractivity contribution is 0.586.